The maximum Gasteiger partial charge on any atom is 0.358 e. The number of fused-ring (bicyclic) bond motifs is 2. The largest absolute Gasteiger partial charge is 0.476 e. The minimum atomic E-state index is -1.01. The molecular weight excluding hydrogens is 256 g/mol. The van der Waals surface area contributed by atoms with Gasteiger partial charge in [-0.3, -0.25) is 4.90 Å². The maximum absolute atomic E-state index is 10.8. The van der Waals surface area contributed by atoms with Crippen LogP contribution in [-0.2, 0) is 0 Å². The van der Waals surface area contributed by atoms with Gasteiger partial charge in [0.1, 0.15) is 0 Å². The first-order chi connectivity index (χ1) is 9.69. The monoisotopic (exact) mass is 276 g/mol. The summed E-state index contributed by atoms with van der Waals surface area (Å²) in [5.74, 6) is 1.88. The van der Waals surface area contributed by atoms with Gasteiger partial charge in [-0.25, -0.2) is 9.48 Å². The third-order valence-corrected chi connectivity index (χ3v) is 5.42. The molecule has 1 aromatic rings. The van der Waals surface area contributed by atoms with E-state index in [1.54, 1.807) is 10.9 Å². The van der Waals surface area contributed by atoms with Crippen LogP contribution in [-0.4, -0.2) is 50.6 Å². The topological polar surface area (TPSA) is 71.2 Å². The van der Waals surface area contributed by atoms with Crippen molar-refractivity contribution in [1.29, 1.82) is 0 Å². The lowest BCUT2D eigenvalue weighted by molar-refractivity contribution is 0.0671. The second-order valence-corrected chi connectivity index (χ2v) is 6.70. The van der Waals surface area contributed by atoms with Gasteiger partial charge in [0.25, 0.3) is 0 Å². The van der Waals surface area contributed by atoms with E-state index in [2.05, 4.69) is 15.2 Å². The molecule has 1 aliphatic heterocycles. The molecule has 0 spiro atoms. The number of nitrogens with zero attached hydrogens (tertiary/aromatic N) is 4. The molecule has 108 valence electrons. The van der Waals surface area contributed by atoms with Crippen LogP contribution in [0, 0.1) is 17.8 Å². The summed E-state index contributed by atoms with van der Waals surface area (Å²) in [5.41, 5.74) is 0.0385. The molecule has 20 heavy (non-hydrogen) atoms. The molecule has 0 radical (unpaired) electrons. The van der Waals surface area contributed by atoms with Gasteiger partial charge in [0.2, 0.25) is 0 Å². The zero-order chi connectivity index (χ0) is 13.7. The van der Waals surface area contributed by atoms with E-state index in [4.69, 9.17) is 5.11 Å². The SMILES string of the molecule is O=C(O)c1cn(C2CN(CC3CC4CCC3C4)C2)nn1. The Morgan fingerprint density at radius 3 is 2.80 bits per heavy atom. The first kappa shape index (κ1) is 12.3. The van der Waals surface area contributed by atoms with E-state index in [-0.39, 0.29) is 5.69 Å². The molecule has 0 aromatic carbocycles. The van der Waals surface area contributed by atoms with Crippen LogP contribution in [0.25, 0.3) is 0 Å². The Morgan fingerprint density at radius 1 is 1.35 bits per heavy atom. The highest BCUT2D eigenvalue weighted by atomic mass is 16.4. The molecule has 2 heterocycles. The molecule has 1 aromatic heterocycles. The van der Waals surface area contributed by atoms with Gasteiger partial charge < -0.3 is 5.11 Å². The summed E-state index contributed by atoms with van der Waals surface area (Å²) in [5, 5.41) is 16.4. The highest BCUT2D eigenvalue weighted by Gasteiger charge is 2.41. The maximum atomic E-state index is 10.8. The Balaban J connectivity index is 1.30. The zero-order valence-electron chi connectivity index (χ0n) is 11.5. The standard InChI is InChI=1S/C14H20N4O2/c19-14(20)13-8-18(16-15-13)12-6-17(7-12)5-11-4-9-1-2-10(11)3-9/h8-12H,1-7H2,(H,19,20). The van der Waals surface area contributed by atoms with Gasteiger partial charge in [-0.2, -0.15) is 0 Å². The third-order valence-electron chi connectivity index (χ3n) is 5.42. The van der Waals surface area contributed by atoms with Crippen molar-refractivity contribution in [2.45, 2.75) is 31.7 Å². The molecule has 6 heteroatoms. The highest BCUT2D eigenvalue weighted by Crippen LogP contribution is 2.48. The molecule has 3 aliphatic rings. The van der Waals surface area contributed by atoms with Crippen molar-refractivity contribution in [1.82, 2.24) is 19.9 Å². The predicted octanol–water partition coefficient (Wildman–Crippen LogP) is 1.27. The molecule has 3 unspecified atom stereocenters. The Labute approximate surface area is 117 Å². The Kier molecular flexibility index (Phi) is 2.80. The van der Waals surface area contributed by atoms with E-state index in [1.165, 1.54) is 32.2 Å². The van der Waals surface area contributed by atoms with E-state index in [1.807, 2.05) is 0 Å². The molecule has 4 rings (SSSR count). The summed E-state index contributed by atoms with van der Waals surface area (Å²) in [4.78, 5) is 13.3. The summed E-state index contributed by atoms with van der Waals surface area (Å²) in [6, 6.07) is 0.300. The lowest BCUT2D eigenvalue weighted by Crippen LogP contribution is -2.50. The number of hydrogen-bond acceptors (Lipinski definition) is 4. The molecule has 3 fully saturated rings. The van der Waals surface area contributed by atoms with Crippen molar-refractivity contribution in [2.75, 3.05) is 19.6 Å². The summed E-state index contributed by atoms with van der Waals surface area (Å²) >= 11 is 0. The van der Waals surface area contributed by atoms with Gasteiger partial charge in [0, 0.05) is 19.6 Å². The lowest BCUT2D eigenvalue weighted by atomic mass is 9.87. The molecule has 0 amide bonds. The lowest BCUT2D eigenvalue weighted by Gasteiger charge is -2.41. The van der Waals surface area contributed by atoms with Crippen molar-refractivity contribution in [2.24, 2.45) is 17.8 Å². The van der Waals surface area contributed by atoms with E-state index >= 15 is 0 Å². The van der Waals surface area contributed by atoms with Crippen molar-refractivity contribution in [3.05, 3.63) is 11.9 Å². The van der Waals surface area contributed by atoms with Gasteiger partial charge in [0.15, 0.2) is 5.69 Å². The number of carboxylic acid groups (broad SMARTS) is 1. The molecule has 2 aliphatic carbocycles. The van der Waals surface area contributed by atoms with Crippen LogP contribution < -0.4 is 0 Å². The quantitative estimate of drug-likeness (QED) is 0.896. The molecule has 2 bridgehead atoms. The second kappa shape index (κ2) is 4.55. The van der Waals surface area contributed by atoms with Crippen LogP contribution in [0.4, 0.5) is 0 Å². The van der Waals surface area contributed by atoms with Crippen LogP contribution in [0.3, 0.4) is 0 Å². The van der Waals surface area contributed by atoms with Gasteiger partial charge in [-0.15, -0.1) is 5.10 Å². The first-order valence-electron chi connectivity index (χ1n) is 7.56. The average Bonchev–Trinajstić information content (AvgIpc) is 3.08. The van der Waals surface area contributed by atoms with E-state index in [0.29, 0.717) is 6.04 Å². The molecule has 6 nitrogen and oxygen atoms in total. The molecular formula is C14H20N4O2. The number of carboxylic acids is 1. The summed E-state index contributed by atoms with van der Waals surface area (Å²) in [6.07, 6.45) is 7.34. The number of hydrogen-bond donors (Lipinski definition) is 1. The van der Waals surface area contributed by atoms with Gasteiger partial charge in [-0.1, -0.05) is 11.6 Å². The predicted molar refractivity (Wildman–Crippen MR) is 71.4 cm³/mol. The third kappa shape index (κ3) is 2.02. The van der Waals surface area contributed by atoms with Gasteiger partial charge in [-0.05, 0) is 37.0 Å². The van der Waals surface area contributed by atoms with Crippen LogP contribution in [0.2, 0.25) is 0 Å². The van der Waals surface area contributed by atoms with Crippen LogP contribution in [0.15, 0.2) is 6.20 Å². The second-order valence-electron chi connectivity index (χ2n) is 6.70. The number of aromatic carboxylic acids is 1. The Hall–Kier alpha value is -1.43. The van der Waals surface area contributed by atoms with Crippen molar-refractivity contribution in [3.8, 4) is 0 Å². The molecule has 1 N–H and O–H groups in total. The molecule has 2 saturated carbocycles. The van der Waals surface area contributed by atoms with Crippen LogP contribution >= 0.6 is 0 Å². The highest BCUT2D eigenvalue weighted by molar-refractivity contribution is 5.84. The van der Waals surface area contributed by atoms with Gasteiger partial charge >= 0.3 is 5.97 Å². The molecule has 1 saturated heterocycles. The summed E-state index contributed by atoms with van der Waals surface area (Å²) < 4.78 is 1.71. The fraction of sp³-hybridized carbons (Fsp3) is 0.786. The van der Waals surface area contributed by atoms with Crippen molar-refractivity contribution in [3.63, 3.8) is 0 Å². The van der Waals surface area contributed by atoms with E-state index < -0.39 is 5.97 Å². The first-order valence-corrected chi connectivity index (χ1v) is 7.56. The minimum absolute atomic E-state index is 0.0385. The van der Waals surface area contributed by atoms with Crippen LogP contribution in [0.5, 0.6) is 0 Å². The van der Waals surface area contributed by atoms with Crippen LogP contribution in [0.1, 0.15) is 42.2 Å². The van der Waals surface area contributed by atoms with E-state index in [0.717, 1.165) is 30.8 Å². The zero-order valence-corrected chi connectivity index (χ0v) is 11.5. The summed E-state index contributed by atoms with van der Waals surface area (Å²) in [7, 11) is 0. The Bertz CT molecular complexity index is 523. The minimum Gasteiger partial charge on any atom is -0.476 e. The number of likely N-dealkylation sites (tertiary alicyclic amines) is 1. The fourth-order valence-electron chi connectivity index (χ4n) is 4.34. The summed E-state index contributed by atoms with van der Waals surface area (Å²) in [6.45, 7) is 3.19. The average molecular weight is 276 g/mol. The number of aromatic nitrogens is 3. The normalized spacial score (nSPS) is 33.5. The van der Waals surface area contributed by atoms with E-state index in [9.17, 15) is 4.79 Å². The van der Waals surface area contributed by atoms with Crippen molar-refractivity contribution >= 4 is 5.97 Å². The van der Waals surface area contributed by atoms with Crippen molar-refractivity contribution < 1.29 is 9.90 Å². The molecule has 3 atom stereocenters. The fourth-order valence-corrected chi connectivity index (χ4v) is 4.34. The Morgan fingerprint density at radius 2 is 2.20 bits per heavy atom. The van der Waals surface area contributed by atoms with Gasteiger partial charge in [0.05, 0.1) is 12.2 Å². The number of rotatable bonds is 4. The number of carbonyl (C=O) groups is 1. The smallest absolute Gasteiger partial charge is 0.358 e.